The van der Waals surface area contributed by atoms with E-state index in [0.29, 0.717) is 42.8 Å². The van der Waals surface area contributed by atoms with Crippen molar-refractivity contribution in [1.82, 2.24) is 9.80 Å². The molecule has 37 heavy (non-hydrogen) atoms. The van der Waals surface area contributed by atoms with E-state index in [9.17, 15) is 14.0 Å². The molecular weight excluding hydrogens is 497 g/mol. The first kappa shape index (κ1) is 28.9. The van der Waals surface area contributed by atoms with E-state index in [0.717, 1.165) is 25.1 Å². The molecule has 1 aliphatic heterocycles. The third-order valence-electron chi connectivity index (χ3n) is 6.46. The molecule has 0 bridgehead atoms. The van der Waals surface area contributed by atoms with Crippen LogP contribution in [0.15, 0.2) is 42.5 Å². The van der Waals surface area contributed by atoms with Gasteiger partial charge >= 0.3 is 0 Å². The van der Waals surface area contributed by atoms with E-state index in [1.807, 2.05) is 11.0 Å². The summed E-state index contributed by atoms with van der Waals surface area (Å²) in [4.78, 5) is 32.2. The van der Waals surface area contributed by atoms with E-state index in [1.54, 1.807) is 35.2 Å². The molecule has 0 saturated carbocycles. The Morgan fingerprint density at radius 2 is 1.84 bits per heavy atom. The first-order chi connectivity index (χ1) is 17.8. The summed E-state index contributed by atoms with van der Waals surface area (Å²) in [6.45, 7) is 7.42. The fourth-order valence-electron chi connectivity index (χ4n) is 4.44. The molecule has 0 unspecified atom stereocenters. The number of carbonyl (C=O) groups excluding carboxylic acids is 2. The number of methoxy groups -OCH3 is 1. The van der Waals surface area contributed by atoms with E-state index >= 15 is 0 Å². The van der Waals surface area contributed by atoms with Crippen LogP contribution in [0.2, 0.25) is 5.02 Å². The Kier molecular flexibility index (Phi) is 11.2. The molecule has 0 aliphatic carbocycles. The lowest BCUT2D eigenvalue weighted by molar-refractivity contribution is -0.132. The zero-order chi connectivity index (χ0) is 26.8. The van der Waals surface area contributed by atoms with Crippen LogP contribution < -0.4 is 9.64 Å². The molecular formula is C28H37ClFN3O4. The highest BCUT2D eigenvalue weighted by Gasteiger charge is 2.24. The third-order valence-corrected chi connectivity index (χ3v) is 6.70. The number of anilines is 1. The Labute approximate surface area is 224 Å². The number of rotatable bonds is 8. The van der Waals surface area contributed by atoms with E-state index in [-0.39, 0.29) is 37.2 Å². The maximum absolute atomic E-state index is 13.8. The fraction of sp³-hybridized carbons (Fsp3) is 0.500. The molecule has 202 valence electrons. The average Bonchev–Trinajstić information content (AvgIpc) is 2.90. The van der Waals surface area contributed by atoms with Gasteiger partial charge in [-0.1, -0.05) is 29.8 Å². The van der Waals surface area contributed by atoms with E-state index in [1.165, 1.54) is 13.2 Å². The lowest BCUT2D eigenvalue weighted by atomic mass is 10.1. The van der Waals surface area contributed by atoms with Crippen LogP contribution in [-0.2, 0) is 20.9 Å². The van der Waals surface area contributed by atoms with Crippen LogP contribution in [0.1, 0.15) is 38.7 Å². The monoisotopic (exact) mass is 533 g/mol. The van der Waals surface area contributed by atoms with Crippen LogP contribution in [0.25, 0.3) is 0 Å². The SMILES string of the molecule is COCC(=O)N1CCCN(C(C)C)CCN(C(=O)CCCOc2ccccc2F)Cc2ccc(Cl)cc21. The van der Waals surface area contributed by atoms with Crippen molar-refractivity contribution in [1.29, 1.82) is 0 Å². The van der Waals surface area contributed by atoms with Gasteiger partial charge in [-0.2, -0.15) is 0 Å². The minimum atomic E-state index is -0.419. The number of carbonyl (C=O) groups is 2. The predicted octanol–water partition coefficient (Wildman–Crippen LogP) is 4.76. The molecule has 2 amide bonds. The summed E-state index contributed by atoms with van der Waals surface area (Å²) in [6.07, 6.45) is 1.51. The Balaban J connectivity index is 1.79. The Morgan fingerprint density at radius 1 is 1.05 bits per heavy atom. The summed E-state index contributed by atoms with van der Waals surface area (Å²) < 4.78 is 24.5. The number of para-hydroxylation sites is 1. The van der Waals surface area contributed by atoms with Crippen LogP contribution in [0.3, 0.4) is 0 Å². The van der Waals surface area contributed by atoms with Gasteiger partial charge in [0.05, 0.1) is 12.3 Å². The van der Waals surface area contributed by atoms with Crippen molar-refractivity contribution in [2.24, 2.45) is 0 Å². The van der Waals surface area contributed by atoms with Crippen LogP contribution >= 0.6 is 11.6 Å². The third kappa shape index (κ3) is 8.42. The molecule has 3 rings (SSSR count). The van der Waals surface area contributed by atoms with Crippen LogP contribution in [-0.4, -0.2) is 74.2 Å². The van der Waals surface area contributed by atoms with Gasteiger partial charge in [0.15, 0.2) is 11.6 Å². The van der Waals surface area contributed by atoms with Gasteiger partial charge in [-0.3, -0.25) is 14.5 Å². The van der Waals surface area contributed by atoms with Crippen molar-refractivity contribution in [2.45, 2.75) is 45.7 Å². The number of nitrogens with zero attached hydrogens (tertiary/aromatic N) is 3. The van der Waals surface area contributed by atoms with E-state index < -0.39 is 5.82 Å². The molecule has 0 aromatic heterocycles. The van der Waals surface area contributed by atoms with Crippen molar-refractivity contribution in [3.8, 4) is 5.75 Å². The maximum Gasteiger partial charge on any atom is 0.252 e. The van der Waals surface area contributed by atoms with Crippen molar-refractivity contribution in [2.75, 3.05) is 51.4 Å². The minimum Gasteiger partial charge on any atom is -0.491 e. The molecule has 0 radical (unpaired) electrons. The highest BCUT2D eigenvalue weighted by Crippen LogP contribution is 2.28. The van der Waals surface area contributed by atoms with Gasteiger partial charge in [0.2, 0.25) is 5.91 Å². The van der Waals surface area contributed by atoms with Gasteiger partial charge in [-0.05, 0) is 56.5 Å². The van der Waals surface area contributed by atoms with Crippen molar-refractivity contribution in [3.05, 3.63) is 58.9 Å². The molecule has 0 fully saturated rings. The number of amides is 2. The minimum absolute atomic E-state index is 0.0178. The van der Waals surface area contributed by atoms with Gasteiger partial charge in [-0.25, -0.2) is 4.39 Å². The molecule has 2 aromatic rings. The van der Waals surface area contributed by atoms with Crippen molar-refractivity contribution < 1.29 is 23.5 Å². The molecule has 1 aliphatic rings. The second-order valence-electron chi connectivity index (χ2n) is 9.43. The largest absolute Gasteiger partial charge is 0.491 e. The number of halogens is 2. The van der Waals surface area contributed by atoms with Gasteiger partial charge in [-0.15, -0.1) is 0 Å². The zero-order valence-electron chi connectivity index (χ0n) is 21.9. The van der Waals surface area contributed by atoms with Gasteiger partial charge in [0.1, 0.15) is 6.61 Å². The number of ether oxygens (including phenoxy) is 2. The lowest BCUT2D eigenvalue weighted by Crippen LogP contribution is -2.41. The molecule has 0 atom stereocenters. The van der Waals surface area contributed by atoms with E-state index in [4.69, 9.17) is 21.1 Å². The molecule has 7 nitrogen and oxygen atoms in total. The molecule has 0 spiro atoms. The quantitative estimate of drug-likeness (QED) is 0.458. The Hall–Kier alpha value is -2.68. The van der Waals surface area contributed by atoms with Crippen molar-refractivity contribution in [3.63, 3.8) is 0 Å². The average molecular weight is 534 g/mol. The first-order valence-corrected chi connectivity index (χ1v) is 13.1. The summed E-state index contributed by atoms with van der Waals surface area (Å²) in [5.74, 6) is -0.401. The standard InChI is InChI=1S/C28H37ClFN3O4/c1-21(2)31-13-7-14-33(28(35)20-36-3)25-18-23(29)12-11-22(25)19-32(16-15-31)27(34)10-6-17-37-26-9-5-4-8-24(26)30/h4-5,8-9,11-12,18,21H,6-7,10,13-17,19-20H2,1-3H3. The molecule has 2 aromatic carbocycles. The smallest absolute Gasteiger partial charge is 0.252 e. The zero-order valence-corrected chi connectivity index (χ0v) is 22.7. The summed E-state index contributed by atoms with van der Waals surface area (Å²) in [5, 5.41) is 0.524. The molecule has 1 heterocycles. The van der Waals surface area contributed by atoms with Gasteiger partial charge in [0.25, 0.3) is 5.91 Å². The predicted molar refractivity (Wildman–Crippen MR) is 144 cm³/mol. The van der Waals surface area contributed by atoms with Gasteiger partial charge < -0.3 is 19.3 Å². The van der Waals surface area contributed by atoms with Crippen LogP contribution in [0, 0.1) is 5.82 Å². The topological polar surface area (TPSA) is 62.3 Å². The molecule has 0 saturated heterocycles. The second-order valence-corrected chi connectivity index (χ2v) is 9.87. The van der Waals surface area contributed by atoms with E-state index in [2.05, 4.69) is 18.7 Å². The van der Waals surface area contributed by atoms with Crippen molar-refractivity contribution >= 4 is 29.1 Å². The maximum atomic E-state index is 13.8. The van der Waals surface area contributed by atoms with Crippen LogP contribution in [0.5, 0.6) is 5.75 Å². The Bertz CT molecular complexity index is 1050. The number of benzene rings is 2. The first-order valence-electron chi connectivity index (χ1n) is 12.8. The number of hydrogen-bond acceptors (Lipinski definition) is 5. The molecule has 0 N–H and O–H groups in total. The Morgan fingerprint density at radius 3 is 2.57 bits per heavy atom. The number of hydrogen-bond donors (Lipinski definition) is 0. The van der Waals surface area contributed by atoms with Gasteiger partial charge in [0, 0.05) is 57.3 Å². The second kappa shape index (κ2) is 14.3. The number of fused-ring (bicyclic) bond motifs is 1. The highest BCUT2D eigenvalue weighted by atomic mass is 35.5. The summed E-state index contributed by atoms with van der Waals surface area (Å²) >= 11 is 6.33. The lowest BCUT2D eigenvalue weighted by Gasteiger charge is -2.30. The summed E-state index contributed by atoms with van der Waals surface area (Å²) in [5.41, 5.74) is 1.55. The fourth-order valence-corrected chi connectivity index (χ4v) is 4.60. The molecule has 9 heteroatoms. The highest BCUT2D eigenvalue weighted by molar-refractivity contribution is 6.31. The summed E-state index contributed by atoms with van der Waals surface area (Å²) in [6, 6.07) is 12.0. The van der Waals surface area contributed by atoms with Crippen LogP contribution in [0.4, 0.5) is 10.1 Å². The summed E-state index contributed by atoms with van der Waals surface area (Å²) in [7, 11) is 1.50. The normalized spacial score (nSPS) is 15.3.